The summed E-state index contributed by atoms with van der Waals surface area (Å²) in [5.74, 6) is 1.08. The molecule has 0 atom stereocenters. The fourth-order valence-electron chi connectivity index (χ4n) is 4.24. The van der Waals surface area contributed by atoms with Gasteiger partial charge >= 0.3 is 0 Å². The predicted octanol–water partition coefficient (Wildman–Crippen LogP) is 2.48. The van der Waals surface area contributed by atoms with Crippen molar-refractivity contribution in [2.45, 2.75) is 38.6 Å². The van der Waals surface area contributed by atoms with Gasteiger partial charge in [0.15, 0.2) is 0 Å². The topological polar surface area (TPSA) is 93.8 Å². The third-order valence-electron chi connectivity index (χ3n) is 5.98. The van der Waals surface area contributed by atoms with Gasteiger partial charge in [0.2, 0.25) is 5.91 Å². The zero-order valence-corrected chi connectivity index (χ0v) is 17.1. The van der Waals surface area contributed by atoms with Gasteiger partial charge in [-0.25, -0.2) is 9.97 Å². The Morgan fingerprint density at radius 3 is 2.93 bits per heavy atom. The number of carbonyl (C=O) groups is 1. The summed E-state index contributed by atoms with van der Waals surface area (Å²) in [5.41, 5.74) is 2.91. The Morgan fingerprint density at radius 1 is 1.41 bits per heavy atom. The zero-order valence-electron chi connectivity index (χ0n) is 17.1. The molecule has 4 heterocycles. The van der Waals surface area contributed by atoms with E-state index in [1.807, 2.05) is 19.4 Å². The molecule has 0 bridgehead atoms. The molecule has 4 rings (SSSR count). The van der Waals surface area contributed by atoms with Crippen molar-refractivity contribution < 1.29 is 4.79 Å². The average molecular weight is 393 g/mol. The molecule has 1 N–H and O–H groups in total. The largest absolute Gasteiger partial charge is 0.346 e. The highest BCUT2D eigenvalue weighted by Crippen LogP contribution is 2.32. The Balaban J connectivity index is 1.68. The number of aromatic amines is 1. The third kappa shape index (κ3) is 3.83. The Labute approximate surface area is 170 Å². The summed E-state index contributed by atoms with van der Waals surface area (Å²) >= 11 is 0. The summed E-state index contributed by atoms with van der Waals surface area (Å²) in [4.78, 5) is 28.4. The van der Waals surface area contributed by atoms with E-state index in [9.17, 15) is 4.79 Å². The van der Waals surface area contributed by atoms with E-state index in [-0.39, 0.29) is 5.91 Å². The van der Waals surface area contributed by atoms with E-state index in [1.165, 1.54) is 0 Å². The average Bonchev–Trinajstić information content (AvgIpc) is 3.34. The first kappa shape index (κ1) is 19.4. The highest BCUT2D eigenvalue weighted by Gasteiger charge is 2.26. The number of hydrogen-bond acceptors (Lipinski definition) is 5. The minimum absolute atomic E-state index is 0.0631. The van der Waals surface area contributed by atoms with Crippen molar-refractivity contribution in [2.75, 3.05) is 33.2 Å². The van der Waals surface area contributed by atoms with Gasteiger partial charge in [-0.15, -0.1) is 0 Å². The van der Waals surface area contributed by atoms with Crippen LogP contribution in [0.15, 0.2) is 18.5 Å². The Morgan fingerprint density at radius 2 is 2.21 bits per heavy atom. The van der Waals surface area contributed by atoms with Crippen molar-refractivity contribution in [3.05, 3.63) is 24.3 Å². The number of pyridine rings is 1. The van der Waals surface area contributed by atoms with Gasteiger partial charge in [-0.2, -0.15) is 5.26 Å². The number of nitrogens with one attached hydrogen (secondary N) is 1. The minimum atomic E-state index is 0.0631. The van der Waals surface area contributed by atoms with Crippen molar-refractivity contribution >= 4 is 28.0 Å². The molecule has 0 saturated carbocycles. The molecule has 0 spiro atoms. The molecule has 152 valence electrons. The molecular formula is C21H27N7O. The highest BCUT2D eigenvalue weighted by atomic mass is 16.2. The number of piperidine rings is 1. The number of carbonyl (C=O) groups excluding carboxylic acids is 1. The maximum atomic E-state index is 11.6. The van der Waals surface area contributed by atoms with Crippen LogP contribution in [0.3, 0.4) is 0 Å². The van der Waals surface area contributed by atoms with Crippen LogP contribution in [-0.2, 0) is 11.2 Å². The number of imidazole rings is 1. The van der Waals surface area contributed by atoms with Crippen LogP contribution in [0.5, 0.6) is 0 Å². The van der Waals surface area contributed by atoms with Crippen LogP contribution in [-0.4, -0.2) is 68.5 Å². The smallest absolute Gasteiger partial charge is 0.219 e. The van der Waals surface area contributed by atoms with Crippen LogP contribution in [0, 0.1) is 11.3 Å². The second-order valence-corrected chi connectivity index (χ2v) is 7.80. The maximum Gasteiger partial charge on any atom is 0.219 e. The molecule has 8 nitrogen and oxygen atoms in total. The lowest BCUT2D eigenvalue weighted by molar-refractivity contribution is -0.127. The fraction of sp³-hybridized carbons (Fsp3) is 0.524. The zero-order chi connectivity index (χ0) is 20.4. The Bertz CT molecular complexity index is 1050. The van der Waals surface area contributed by atoms with E-state index in [0.717, 1.165) is 60.4 Å². The molecule has 0 unspecified atom stereocenters. The molecule has 3 aromatic heterocycles. The van der Waals surface area contributed by atoms with E-state index in [0.29, 0.717) is 25.4 Å². The summed E-state index contributed by atoms with van der Waals surface area (Å²) in [6.45, 7) is 5.05. The molecule has 1 amide bonds. The fourth-order valence-corrected chi connectivity index (χ4v) is 4.24. The standard InChI is InChI=1S/C21H27N7O/c1-15(29)26(2)11-7-19-25-18-14-24-21-17(4-9-23-21)20(18)28(19)16-5-12-27(13-6-16)10-3-8-22/h4,9,14,16H,3,5-7,10-13H2,1-2H3,(H,23,24). The van der Waals surface area contributed by atoms with E-state index in [4.69, 9.17) is 10.2 Å². The van der Waals surface area contributed by atoms with E-state index in [1.54, 1.807) is 11.8 Å². The predicted molar refractivity (Wildman–Crippen MR) is 111 cm³/mol. The second-order valence-electron chi connectivity index (χ2n) is 7.80. The first-order chi connectivity index (χ1) is 14.1. The van der Waals surface area contributed by atoms with Crippen LogP contribution >= 0.6 is 0 Å². The van der Waals surface area contributed by atoms with E-state index < -0.39 is 0 Å². The highest BCUT2D eigenvalue weighted by molar-refractivity contribution is 6.01. The van der Waals surface area contributed by atoms with Gasteiger partial charge in [-0.05, 0) is 18.9 Å². The van der Waals surface area contributed by atoms with Crippen LogP contribution < -0.4 is 0 Å². The normalized spacial score (nSPS) is 15.8. The van der Waals surface area contributed by atoms with Crippen LogP contribution in [0.4, 0.5) is 0 Å². The van der Waals surface area contributed by atoms with Crippen molar-refractivity contribution in [1.29, 1.82) is 5.26 Å². The molecule has 0 radical (unpaired) electrons. The summed E-state index contributed by atoms with van der Waals surface area (Å²) < 4.78 is 2.39. The van der Waals surface area contributed by atoms with Crippen LogP contribution in [0.1, 0.15) is 38.1 Å². The lowest BCUT2D eigenvalue weighted by atomic mass is 10.0. The second kappa shape index (κ2) is 8.21. The van der Waals surface area contributed by atoms with Gasteiger partial charge in [0.1, 0.15) is 17.0 Å². The minimum Gasteiger partial charge on any atom is -0.346 e. The molecule has 1 aliphatic heterocycles. The molecule has 3 aromatic rings. The Kier molecular flexibility index (Phi) is 5.49. The molecule has 1 fully saturated rings. The number of fused-ring (bicyclic) bond motifs is 3. The summed E-state index contributed by atoms with van der Waals surface area (Å²) in [6, 6.07) is 4.66. The first-order valence-corrected chi connectivity index (χ1v) is 10.2. The lowest BCUT2D eigenvalue weighted by Crippen LogP contribution is -2.36. The van der Waals surface area contributed by atoms with Gasteiger partial charge in [0, 0.05) is 70.6 Å². The molecule has 29 heavy (non-hydrogen) atoms. The van der Waals surface area contributed by atoms with Crippen molar-refractivity contribution in [2.24, 2.45) is 0 Å². The third-order valence-corrected chi connectivity index (χ3v) is 5.98. The van der Waals surface area contributed by atoms with Gasteiger partial charge in [0.25, 0.3) is 0 Å². The summed E-state index contributed by atoms with van der Waals surface area (Å²) in [5, 5.41) is 9.94. The monoisotopic (exact) mass is 393 g/mol. The van der Waals surface area contributed by atoms with Crippen molar-refractivity contribution in [3.63, 3.8) is 0 Å². The van der Waals surface area contributed by atoms with Crippen molar-refractivity contribution in [3.8, 4) is 6.07 Å². The lowest BCUT2D eigenvalue weighted by Gasteiger charge is -2.33. The molecule has 8 heteroatoms. The maximum absolute atomic E-state index is 11.6. The Hall–Kier alpha value is -2.92. The number of likely N-dealkylation sites (tertiary alicyclic amines) is 1. The molecule has 0 aromatic carbocycles. The van der Waals surface area contributed by atoms with Gasteiger partial charge in [-0.3, -0.25) is 4.79 Å². The molecular weight excluding hydrogens is 366 g/mol. The number of aromatic nitrogens is 4. The SMILES string of the molecule is CC(=O)N(C)CCc1nc2cnc3[nH]ccc3c2n1C1CCN(CCC#N)CC1. The van der Waals surface area contributed by atoms with E-state index in [2.05, 4.69) is 31.6 Å². The van der Waals surface area contributed by atoms with Crippen LogP contribution in [0.25, 0.3) is 22.1 Å². The number of nitrogens with zero attached hydrogens (tertiary/aromatic N) is 6. The number of amides is 1. The van der Waals surface area contributed by atoms with Gasteiger partial charge in [0.05, 0.1) is 17.8 Å². The quantitative estimate of drug-likeness (QED) is 0.694. The summed E-state index contributed by atoms with van der Waals surface area (Å²) in [7, 11) is 1.83. The number of hydrogen-bond donors (Lipinski definition) is 1. The van der Waals surface area contributed by atoms with Crippen LogP contribution in [0.2, 0.25) is 0 Å². The number of H-pyrrole nitrogens is 1. The van der Waals surface area contributed by atoms with E-state index >= 15 is 0 Å². The summed E-state index contributed by atoms with van der Waals surface area (Å²) in [6.07, 6.45) is 7.11. The molecule has 1 saturated heterocycles. The van der Waals surface area contributed by atoms with Gasteiger partial charge in [-0.1, -0.05) is 0 Å². The molecule has 1 aliphatic rings. The number of nitriles is 1. The first-order valence-electron chi connectivity index (χ1n) is 10.2. The molecule has 0 aliphatic carbocycles. The number of likely N-dealkylation sites (N-methyl/N-ethyl adjacent to an activating group) is 1. The number of rotatable bonds is 6. The van der Waals surface area contributed by atoms with Gasteiger partial charge < -0.3 is 19.4 Å². The van der Waals surface area contributed by atoms with Crippen molar-refractivity contribution in [1.82, 2.24) is 29.3 Å².